The number of fused-ring (bicyclic) bond motifs is 2. The van der Waals surface area contributed by atoms with Gasteiger partial charge in [-0.15, -0.1) is 0 Å². The average molecular weight is 715 g/mol. The molecule has 0 aliphatic carbocycles. The third-order valence-electron chi connectivity index (χ3n) is 10.1. The summed E-state index contributed by atoms with van der Waals surface area (Å²) in [6, 6.07) is 22.7. The number of hydrogen-bond donors (Lipinski definition) is 0. The molecule has 0 N–H and O–H groups in total. The lowest BCUT2D eigenvalue weighted by molar-refractivity contribution is 0.0630. The molecule has 0 spiro atoms. The molecule has 4 aromatic carbocycles. The van der Waals surface area contributed by atoms with E-state index in [-0.39, 0.29) is 47.5 Å². The van der Waals surface area contributed by atoms with Crippen molar-refractivity contribution in [1.29, 1.82) is 0 Å². The number of hydrogen-bond acceptors (Lipinski definition) is 6. The summed E-state index contributed by atoms with van der Waals surface area (Å²) in [5.74, 6) is 0.529. The highest BCUT2D eigenvalue weighted by Crippen LogP contribution is 2.38. The minimum absolute atomic E-state index is 0.101. The number of imide groups is 2. The van der Waals surface area contributed by atoms with Crippen molar-refractivity contribution >= 4 is 23.6 Å². The second-order valence-electron chi connectivity index (χ2n) is 16.3. The first-order valence-electron chi connectivity index (χ1n) is 18.5. The predicted octanol–water partition coefficient (Wildman–Crippen LogP) is 8.62. The first-order valence-corrected chi connectivity index (χ1v) is 18.5. The van der Waals surface area contributed by atoms with Gasteiger partial charge in [-0.05, 0) is 95.2 Å². The molecule has 2 heterocycles. The average Bonchev–Trinajstić information content (AvgIpc) is 3.49. The fourth-order valence-corrected chi connectivity index (χ4v) is 7.12. The molecule has 0 bridgehead atoms. The molecule has 276 valence electrons. The fraction of sp³-hybridized carbons (Fsp3) is 0.378. The van der Waals surface area contributed by atoms with Crippen molar-refractivity contribution in [2.75, 3.05) is 26.3 Å². The lowest BCUT2D eigenvalue weighted by Gasteiger charge is -2.26. The zero-order valence-corrected chi connectivity index (χ0v) is 32.2. The zero-order chi connectivity index (χ0) is 38.2. The molecule has 0 saturated heterocycles. The SMILES string of the molecule is Cc1cc(C(C)(C)C)cc(Cc2cc(C(C)(C)C)cc(C)c2OCCCN2C(=O)c3ccccc3C2=O)c1OCCCN1C(=O)c2ccccc2C1=O. The van der Waals surface area contributed by atoms with E-state index in [9.17, 15) is 19.2 Å². The van der Waals surface area contributed by atoms with E-state index in [0.717, 1.165) is 33.8 Å². The number of aryl methyl sites for hydroxylation is 2. The van der Waals surface area contributed by atoms with Gasteiger partial charge in [0.15, 0.2) is 0 Å². The Morgan fingerprint density at radius 2 is 0.830 bits per heavy atom. The number of carbonyl (C=O) groups excluding carboxylic acids is 4. The molecule has 8 heteroatoms. The minimum Gasteiger partial charge on any atom is -0.493 e. The maximum absolute atomic E-state index is 12.9. The van der Waals surface area contributed by atoms with Gasteiger partial charge in [0.2, 0.25) is 0 Å². The van der Waals surface area contributed by atoms with Gasteiger partial charge in [0.1, 0.15) is 11.5 Å². The van der Waals surface area contributed by atoms with E-state index in [1.807, 2.05) is 0 Å². The third kappa shape index (κ3) is 7.64. The van der Waals surface area contributed by atoms with Gasteiger partial charge in [-0.3, -0.25) is 29.0 Å². The van der Waals surface area contributed by atoms with E-state index in [1.165, 1.54) is 20.9 Å². The molecule has 0 saturated carbocycles. The summed E-state index contributed by atoms with van der Waals surface area (Å²) in [4.78, 5) is 54.3. The van der Waals surface area contributed by atoms with Crippen molar-refractivity contribution in [3.05, 3.63) is 128 Å². The molecule has 4 amide bonds. The molecule has 2 aliphatic heterocycles. The Morgan fingerprint density at radius 3 is 1.13 bits per heavy atom. The van der Waals surface area contributed by atoms with Crippen LogP contribution in [0, 0.1) is 13.8 Å². The molecule has 0 aromatic heterocycles. The molecular weight excluding hydrogens is 665 g/mol. The zero-order valence-electron chi connectivity index (χ0n) is 32.2. The Bertz CT molecular complexity index is 1880. The molecule has 4 aromatic rings. The number of rotatable bonds is 12. The molecule has 6 rings (SSSR count). The number of carbonyl (C=O) groups is 4. The number of amides is 4. The first kappa shape index (κ1) is 37.5. The number of ether oxygens (including phenoxy) is 2. The quantitative estimate of drug-likeness (QED) is 0.108. The van der Waals surface area contributed by atoms with Gasteiger partial charge in [0.25, 0.3) is 23.6 Å². The summed E-state index contributed by atoms with van der Waals surface area (Å²) in [5, 5.41) is 0. The summed E-state index contributed by atoms with van der Waals surface area (Å²) in [6.45, 7) is 18.5. The highest BCUT2D eigenvalue weighted by Gasteiger charge is 2.36. The van der Waals surface area contributed by atoms with Gasteiger partial charge in [-0.1, -0.05) is 90.1 Å². The lowest BCUT2D eigenvalue weighted by atomic mass is 9.82. The van der Waals surface area contributed by atoms with Crippen LogP contribution in [0.25, 0.3) is 0 Å². The van der Waals surface area contributed by atoms with Crippen LogP contribution < -0.4 is 9.47 Å². The number of benzene rings is 4. The Kier molecular flexibility index (Phi) is 10.4. The van der Waals surface area contributed by atoms with Crippen molar-refractivity contribution in [3.8, 4) is 11.5 Å². The van der Waals surface area contributed by atoms with Crippen molar-refractivity contribution in [2.24, 2.45) is 0 Å². The molecule has 8 nitrogen and oxygen atoms in total. The second kappa shape index (κ2) is 14.6. The van der Waals surface area contributed by atoms with E-state index < -0.39 is 0 Å². The van der Waals surface area contributed by atoms with Crippen molar-refractivity contribution < 1.29 is 28.7 Å². The smallest absolute Gasteiger partial charge is 0.261 e. The Labute approximate surface area is 313 Å². The van der Waals surface area contributed by atoms with Gasteiger partial charge >= 0.3 is 0 Å². The van der Waals surface area contributed by atoms with Crippen LogP contribution in [0.5, 0.6) is 11.5 Å². The van der Waals surface area contributed by atoms with Crippen LogP contribution in [0.15, 0.2) is 72.8 Å². The van der Waals surface area contributed by atoms with Crippen LogP contribution in [-0.4, -0.2) is 59.7 Å². The Morgan fingerprint density at radius 1 is 0.509 bits per heavy atom. The summed E-state index contributed by atoms with van der Waals surface area (Å²) in [5.41, 5.74) is 8.05. The van der Waals surface area contributed by atoms with E-state index in [4.69, 9.17) is 9.47 Å². The summed E-state index contributed by atoms with van der Waals surface area (Å²) < 4.78 is 13.1. The predicted molar refractivity (Wildman–Crippen MR) is 206 cm³/mol. The maximum atomic E-state index is 12.9. The van der Waals surface area contributed by atoms with Gasteiger partial charge in [0, 0.05) is 19.5 Å². The fourth-order valence-electron chi connectivity index (χ4n) is 7.12. The maximum Gasteiger partial charge on any atom is 0.261 e. The van der Waals surface area contributed by atoms with Gasteiger partial charge in [-0.25, -0.2) is 0 Å². The Balaban J connectivity index is 1.22. The van der Waals surface area contributed by atoms with Gasteiger partial charge in [0.05, 0.1) is 35.5 Å². The first-order chi connectivity index (χ1) is 25.1. The van der Waals surface area contributed by atoms with Crippen LogP contribution in [-0.2, 0) is 17.3 Å². The van der Waals surface area contributed by atoms with E-state index in [0.29, 0.717) is 54.7 Å². The van der Waals surface area contributed by atoms with Crippen LogP contribution in [0.3, 0.4) is 0 Å². The molecule has 0 atom stereocenters. The minimum atomic E-state index is -0.262. The topological polar surface area (TPSA) is 93.2 Å². The van der Waals surface area contributed by atoms with Gasteiger partial charge < -0.3 is 9.47 Å². The molecular formula is C45H50N2O6. The highest BCUT2D eigenvalue weighted by atomic mass is 16.5. The van der Waals surface area contributed by atoms with E-state index >= 15 is 0 Å². The molecule has 2 aliphatic rings. The van der Waals surface area contributed by atoms with E-state index in [2.05, 4.69) is 79.7 Å². The summed E-state index contributed by atoms with van der Waals surface area (Å²) in [6.07, 6.45) is 1.54. The lowest BCUT2D eigenvalue weighted by Crippen LogP contribution is -2.31. The molecule has 0 unspecified atom stereocenters. The standard InChI is InChI=1S/C45H50N2O6/c1-28-23-32(44(3,4)5)26-30(38(28)52-21-13-19-46-40(48)34-15-9-10-16-35(34)41(46)49)25-31-27-33(45(6,7)8)24-29(2)39(31)53-22-14-20-47-42(50)36-17-11-12-18-37(36)43(47)51/h9-12,15-18,23-24,26-27H,13-14,19-22,25H2,1-8H3. The third-order valence-corrected chi connectivity index (χ3v) is 10.1. The van der Waals surface area contributed by atoms with Crippen LogP contribution in [0.2, 0.25) is 0 Å². The van der Waals surface area contributed by atoms with Crippen molar-refractivity contribution in [3.63, 3.8) is 0 Å². The van der Waals surface area contributed by atoms with Crippen LogP contribution in [0.1, 0.15) is 129 Å². The summed E-state index contributed by atoms with van der Waals surface area (Å²) in [7, 11) is 0. The van der Waals surface area contributed by atoms with Crippen LogP contribution >= 0.6 is 0 Å². The second-order valence-corrected chi connectivity index (χ2v) is 16.3. The molecule has 53 heavy (non-hydrogen) atoms. The largest absolute Gasteiger partial charge is 0.493 e. The van der Waals surface area contributed by atoms with Crippen molar-refractivity contribution in [1.82, 2.24) is 9.80 Å². The number of nitrogens with zero attached hydrogens (tertiary/aromatic N) is 2. The molecule has 0 fully saturated rings. The summed E-state index contributed by atoms with van der Waals surface area (Å²) >= 11 is 0. The highest BCUT2D eigenvalue weighted by molar-refractivity contribution is 6.22. The normalized spacial score (nSPS) is 14.3. The monoisotopic (exact) mass is 714 g/mol. The van der Waals surface area contributed by atoms with Crippen molar-refractivity contribution in [2.45, 2.75) is 85.5 Å². The van der Waals surface area contributed by atoms with Crippen LogP contribution in [0.4, 0.5) is 0 Å². The van der Waals surface area contributed by atoms with Gasteiger partial charge in [-0.2, -0.15) is 0 Å². The van der Waals surface area contributed by atoms with E-state index in [1.54, 1.807) is 48.5 Å². The molecule has 0 radical (unpaired) electrons. The Hall–Kier alpha value is -5.24.